The van der Waals surface area contributed by atoms with Crippen molar-refractivity contribution < 1.29 is 4.79 Å². The van der Waals surface area contributed by atoms with E-state index in [1.54, 1.807) is 12.1 Å². The average molecular weight is 244 g/mol. The van der Waals surface area contributed by atoms with Gasteiger partial charge in [0, 0.05) is 18.0 Å². The van der Waals surface area contributed by atoms with Crippen molar-refractivity contribution >= 4 is 11.7 Å². The standard InChI is InChI=1S/C12H12N4O2/c1-9-4-2-5-10(14-9)15-11(17)8-16-12(18)6-3-7-13-16/h2-7H,8H2,1H3,(H,14,15,17). The van der Waals surface area contributed by atoms with E-state index in [1.807, 2.05) is 13.0 Å². The minimum absolute atomic E-state index is 0.130. The molecule has 1 amide bonds. The molecule has 0 fully saturated rings. The predicted molar refractivity (Wildman–Crippen MR) is 66.1 cm³/mol. The van der Waals surface area contributed by atoms with E-state index in [2.05, 4.69) is 15.4 Å². The molecule has 18 heavy (non-hydrogen) atoms. The number of aryl methyl sites for hydroxylation is 1. The van der Waals surface area contributed by atoms with Crippen LogP contribution >= 0.6 is 0 Å². The molecule has 0 aliphatic heterocycles. The topological polar surface area (TPSA) is 76.9 Å². The third kappa shape index (κ3) is 3.00. The maximum atomic E-state index is 11.7. The number of carbonyl (C=O) groups excluding carboxylic acids is 1. The highest BCUT2D eigenvalue weighted by Crippen LogP contribution is 2.03. The summed E-state index contributed by atoms with van der Waals surface area (Å²) in [5.41, 5.74) is 0.493. The smallest absolute Gasteiger partial charge is 0.267 e. The van der Waals surface area contributed by atoms with Crippen LogP contribution < -0.4 is 10.9 Å². The van der Waals surface area contributed by atoms with Crippen LogP contribution in [0.5, 0.6) is 0 Å². The van der Waals surface area contributed by atoms with Gasteiger partial charge in [0.2, 0.25) is 5.91 Å². The maximum absolute atomic E-state index is 11.7. The largest absolute Gasteiger partial charge is 0.309 e. The molecule has 1 N–H and O–H groups in total. The number of amides is 1. The third-order valence-electron chi connectivity index (χ3n) is 2.23. The van der Waals surface area contributed by atoms with E-state index in [4.69, 9.17) is 0 Å². The first kappa shape index (κ1) is 12.0. The molecule has 0 radical (unpaired) electrons. The molecule has 0 bridgehead atoms. The van der Waals surface area contributed by atoms with Gasteiger partial charge in [-0.25, -0.2) is 9.67 Å². The first-order valence-corrected chi connectivity index (χ1v) is 5.41. The van der Waals surface area contributed by atoms with Gasteiger partial charge >= 0.3 is 0 Å². The Balaban J connectivity index is 2.06. The Morgan fingerprint density at radius 1 is 1.33 bits per heavy atom. The summed E-state index contributed by atoms with van der Waals surface area (Å²) in [5, 5.41) is 6.41. The molecule has 2 aromatic rings. The van der Waals surface area contributed by atoms with E-state index in [0.29, 0.717) is 5.82 Å². The first-order valence-electron chi connectivity index (χ1n) is 5.41. The van der Waals surface area contributed by atoms with Crippen molar-refractivity contribution in [2.75, 3.05) is 5.32 Å². The van der Waals surface area contributed by atoms with Crippen molar-refractivity contribution in [1.82, 2.24) is 14.8 Å². The fourth-order valence-electron chi connectivity index (χ4n) is 1.44. The second kappa shape index (κ2) is 5.22. The van der Waals surface area contributed by atoms with Crippen LogP contribution in [-0.4, -0.2) is 20.7 Å². The van der Waals surface area contributed by atoms with E-state index < -0.39 is 0 Å². The third-order valence-corrected chi connectivity index (χ3v) is 2.23. The number of carbonyl (C=O) groups is 1. The maximum Gasteiger partial charge on any atom is 0.267 e. The summed E-state index contributed by atoms with van der Waals surface area (Å²) in [6, 6.07) is 8.19. The van der Waals surface area contributed by atoms with Gasteiger partial charge in [-0.2, -0.15) is 5.10 Å². The summed E-state index contributed by atoms with van der Waals surface area (Å²) in [6.07, 6.45) is 1.46. The van der Waals surface area contributed by atoms with Gasteiger partial charge in [0.15, 0.2) is 0 Å². The van der Waals surface area contributed by atoms with Gasteiger partial charge < -0.3 is 5.32 Å². The van der Waals surface area contributed by atoms with Gasteiger partial charge in [-0.15, -0.1) is 0 Å². The van der Waals surface area contributed by atoms with Crippen LogP contribution in [-0.2, 0) is 11.3 Å². The lowest BCUT2D eigenvalue weighted by atomic mass is 10.4. The van der Waals surface area contributed by atoms with Crippen LogP contribution in [0.2, 0.25) is 0 Å². The zero-order valence-corrected chi connectivity index (χ0v) is 9.83. The number of hydrogen-bond donors (Lipinski definition) is 1. The SMILES string of the molecule is Cc1cccc(NC(=O)Cn2ncccc2=O)n1. The fraction of sp³-hybridized carbons (Fsp3) is 0.167. The van der Waals surface area contributed by atoms with Gasteiger partial charge in [0.25, 0.3) is 5.56 Å². The minimum Gasteiger partial charge on any atom is -0.309 e. The van der Waals surface area contributed by atoms with Crippen molar-refractivity contribution in [1.29, 1.82) is 0 Å². The summed E-state index contributed by atoms with van der Waals surface area (Å²) in [5.74, 6) is 0.123. The first-order chi connectivity index (χ1) is 8.65. The Morgan fingerprint density at radius 3 is 2.89 bits per heavy atom. The molecule has 6 nitrogen and oxygen atoms in total. The molecule has 92 valence electrons. The number of aromatic nitrogens is 3. The molecule has 0 aliphatic carbocycles. The molecule has 6 heteroatoms. The van der Waals surface area contributed by atoms with E-state index in [9.17, 15) is 9.59 Å². The molecular formula is C12H12N4O2. The van der Waals surface area contributed by atoms with Crippen molar-refractivity contribution in [3.8, 4) is 0 Å². The Hall–Kier alpha value is -2.50. The lowest BCUT2D eigenvalue weighted by Gasteiger charge is -2.05. The average Bonchev–Trinajstić information content (AvgIpc) is 2.32. The van der Waals surface area contributed by atoms with Crippen LogP contribution in [0.15, 0.2) is 41.3 Å². The highest BCUT2D eigenvalue weighted by molar-refractivity contribution is 5.89. The fourth-order valence-corrected chi connectivity index (χ4v) is 1.44. The Kier molecular flexibility index (Phi) is 3.47. The van der Waals surface area contributed by atoms with E-state index in [1.165, 1.54) is 18.3 Å². The van der Waals surface area contributed by atoms with Crippen LogP contribution in [0.3, 0.4) is 0 Å². The van der Waals surface area contributed by atoms with Gasteiger partial charge in [-0.1, -0.05) is 6.07 Å². The predicted octanol–water partition coefficient (Wildman–Crippen LogP) is 0.585. The molecular weight excluding hydrogens is 232 g/mol. The Labute approximate surface area is 103 Å². The molecule has 0 aliphatic rings. The lowest BCUT2D eigenvalue weighted by Crippen LogP contribution is -2.28. The van der Waals surface area contributed by atoms with Crippen molar-refractivity contribution in [2.24, 2.45) is 0 Å². The van der Waals surface area contributed by atoms with E-state index >= 15 is 0 Å². The second-order valence-corrected chi connectivity index (χ2v) is 3.73. The molecule has 2 aromatic heterocycles. The number of anilines is 1. The van der Waals surface area contributed by atoms with Crippen LogP contribution in [0.25, 0.3) is 0 Å². The van der Waals surface area contributed by atoms with Crippen molar-refractivity contribution in [3.05, 3.63) is 52.6 Å². The Morgan fingerprint density at radius 2 is 2.17 bits per heavy atom. The summed E-state index contributed by atoms with van der Waals surface area (Å²) in [4.78, 5) is 27.2. The second-order valence-electron chi connectivity index (χ2n) is 3.73. The van der Waals surface area contributed by atoms with Gasteiger partial charge in [0.05, 0.1) is 0 Å². The quantitative estimate of drug-likeness (QED) is 0.857. The molecule has 0 atom stereocenters. The number of pyridine rings is 1. The molecule has 0 unspecified atom stereocenters. The van der Waals surface area contributed by atoms with Crippen LogP contribution in [0.4, 0.5) is 5.82 Å². The van der Waals surface area contributed by atoms with Crippen molar-refractivity contribution in [3.63, 3.8) is 0 Å². The van der Waals surface area contributed by atoms with Gasteiger partial charge in [0.1, 0.15) is 12.4 Å². The minimum atomic E-state index is -0.339. The molecule has 0 aromatic carbocycles. The van der Waals surface area contributed by atoms with Crippen LogP contribution in [0, 0.1) is 6.92 Å². The summed E-state index contributed by atoms with van der Waals surface area (Å²) in [7, 11) is 0. The van der Waals surface area contributed by atoms with E-state index in [0.717, 1.165) is 10.4 Å². The zero-order valence-electron chi connectivity index (χ0n) is 9.83. The zero-order chi connectivity index (χ0) is 13.0. The van der Waals surface area contributed by atoms with Crippen LogP contribution in [0.1, 0.15) is 5.69 Å². The number of hydrogen-bond acceptors (Lipinski definition) is 4. The van der Waals surface area contributed by atoms with Crippen molar-refractivity contribution in [2.45, 2.75) is 13.5 Å². The lowest BCUT2D eigenvalue weighted by molar-refractivity contribution is -0.117. The highest BCUT2D eigenvalue weighted by atomic mass is 16.2. The summed E-state index contributed by atoms with van der Waals surface area (Å²) in [6.45, 7) is 1.70. The van der Waals surface area contributed by atoms with Gasteiger partial charge in [-0.05, 0) is 25.1 Å². The summed E-state index contributed by atoms with van der Waals surface area (Å²) < 4.78 is 1.09. The Bertz CT molecular complexity index is 621. The molecule has 0 saturated carbocycles. The monoisotopic (exact) mass is 244 g/mol. The summed E-state index contributed by atoms with van der Waals surface area (Å²) >= 11 is 0. The van der Waals surface area contributed by atoms with Gasteiger partial charge in [-0.3, -0.25) is 9.59 Å². The highest BCUT2D eigenvalue weighted by Gasteiger charge is 2.06. The molecule has 2 heterocycles. The molecule has 0 spiro atoms. The normalized spacial score (nSPS) is 10.1. The number of nitrogens with one attached hydrogen (secondary N) is 1. The molecule has 0 saturated heterocycles. The molecule has 2 rings (SSSR count). The number of nitrogens with zero attached hydrogens (tertiary/aromatic N) is 3. The number of rotatable bonds is 3. The van der Waals surface area contributed by atoms with E-state index in [-0.39, 0.29) is 18.0 Å².